The minimum atomic E-state index is -0.534. The number of para-hydroxylation sites is 1. The number of carbonyl (C=O) groups is 2. The van der Waals surface area contributed by atoms with Crippen molar-refractivity contribution >= 4 is 22.8 Å². The number of aryl methyl sites for hydroxylation is 1. The lowest BCUT2D eigenvalue weighted by Crippen LogP contribution is -2.42. The van der Waals surface area contributed by atoms with E-state index in [0.717, 1.165) is 22.2 Å². The number of methoxy groups -OCH3 is 1. The van der Waals surface area contributed by atoms with E-state index in [0.29, 0.717) is 26.1 Å². The zero-order valence-corrected chi connectivity index (χ0v) is 20.3. The molecule has 1 N–H and O–H groups in total. The lowest BCUT2D eigenvalue weighted by Gasteiger charge is -2.23. The van der Waals surface area contributed by atoms with Gasteiger partial charge in [-0.2, -0.15) is 0 Å². The summed E-state index contributed by atoms with van der Waals surface area (Å²) in [6, 6.07) is 19.7. The maximum Gasteiger partial charge on any atom is 0.360 e. The Morgan fingerprint density at radius 1 is 1.08 bits per heavy atom. The first-order chi connectivity index (χ1) is 17.5. The Labute approximate surface area is 209 Å². The van der Waals surface area contributed by atoms with E-state index < -0.39 is 5.97 Å². The molecule has 1 saturated heterocycles. The normalized spacial score (nSPS) is 17.8. The lowest BCUT2D eigenvalue weighted by atomic mass is 10.1. The van der Waals surface area contributed by atoms with Crippen molar-refractivity contribution in [2.75, 3.05) is 13.7 Å². The molecule has 5 rings (SSSR count). The van der Waals surface area contributed by atoms with Crippen LogP contribution in [0.15, 0.2) is 66.9 Å². The molecule has 0 saturated carbocycles. The average molecular weight is 485 g/mol. The maximum atomic E-state index is 13.4. The van der Waals surface area contributed by atoms with E-state index in [2.05, 4.69) is 56.7 Å². The molecule has 36 heavy (non-hydrogen) atoms. The number of pyridine rings is 1. The second-order valence-corrected chi connectivity index (χ2v) is 9.11. The Kier molecular flexibility index (Phi) is 6.73. The first kappa shape index (κ1) is 23.6. The van der Waals surface area contributed by atoms with E-state index in [1.54, 1.807) is 10.9 Å². The van der Waals surface area contributed by atoms with Crippen LogP contribution in [0.3, 0.4) is 0 Å². The average Bonchev–Trinajstić information content (AvgIpc) is 3.56. The molecule has 0 aliphatic carbocycles. The molecule has 9 nitrogen and oxygen atoms in total. The van der Waals surface area contributed by atoms with Gasteiger partial charge in [0.1, 0.15) is 0 Å². The van der Waals surface area contributed by atoms with E-state index in [1.807, 2.05) is 36.4 Å². The summed E-state index contributed by atoms with van der Waals surface area (Å²) < 4.78 is 6.41. The number of benzene rings is 2. The van der Waals surface area contributed by atoms with Gasteiger partial charge in [0.05, 0.1) is 43.1 Å². The quantitative estimate of drug-likeness (QED) is 0.402. The van der Waals surface area contributed by atoms with E-state index in [1.165, 1.54) is 12.7 Å². The van der Waals surface area contributed by atoms with Crippen LogP contribution in [-0.2, 0) is 22.6 Å². The van der Waals surface area contributed by atoms with Crippen LogP contribution in [0.25, 0.3) is 10.9 Å². The van der Waals surface area contributed by atoms with Gasteiger partial charge in [-0.3, -0.25) is 14.7 Å². The highest BCUT2D eigenvalue weighted by atomic mass is 16.5. The van der Waals surface area contributed by atoms with Gasteiger partial charge >= 0.3 is 5.97 Å². The summed E-state index contributed by atoms with van der Waals surface area (Å²) in [5.41, 5.74) is 4.18. The van der Waals surface area contributed by atoms with Crippen LogP contribution in [0.1, 0.15) is 39.8 Å². The molecule has 0 radical (unpaired) electrons. The SMILES string of the molecule is COC(=O)c1cn([C@@H]2C[C@@H](C(=O)NCc3ccc4ccccc4n3)N(Cc3ccc(C)cc3)C2)nn1. The fraction of sp³-hybridized carbons (Fsp3) is 0.296. The van der Waals surface area contributed by atoms with Crippen LogP contribution >= 0.6 is 0 Å². The maximum absolute atomic E-state index is 13.4. The molecule has 184 valence electrons. The summed E-state index contributed by atoms with van der Waals surface area (Å²) in [5, 5.41) is 12.2. The van der Waals surface area contributed by atoms with Gasteiger partial charge in [-0.25, -0.2) is 9.48 Å². The van der Waals surface area contributed by atoms with Gasteiger partial charge in [0.25, 0.3) is 0 Å². The number of hydrogen-bond acceptors (Lipinski definition) is 7. The number of aromatic nitrogens is 4. The minimum absolute atomic E-state index is 0.0622. The monoisotopic (exact) mass is 484 g/mol. The van der Waals surface area contributed by atoms with Crippen molar-refractivity contribution in [3.8, 4) is 0 Å². The predicted octanol–water partition coefficient (Wildman–Crippen LogP) is 3.05. The van der Waals surface area contributed by atoms with Gasteiger partial charge in [0.2, 0.25) is 5.91 Å². The third-order valence-electron chi connectivity index (χ3n) is 6.57. The fourth-order valence-corrected chi connectivity index (χ4v) is 4.60. The van der Waals surface area contributed by atoms with E-state index >= 15 is 0 Å². The largest absolute Gasteiger partial charge is 0.464 e. The van der Waals surface area contributed by atoms with Crippen LogP contribution in [0.4, 0.5) is 0 Å². The number of likely N-dealkylation sites (tertiary alicyclic amines) is 1. The molecule has 0 unspecified atom stereocenters. The summed E-state index contributed by atoms with van der Waals surface area (Å²) in [6.45, 7) is 3.63. The van der Waals surface area contributed by atoms with Crippen molar-refractivity contribution in [1.82, 2.24) is 30.2 Å². The molecule has 9 heteroatoms. The first-order valence-electron chi connectivity index (χ1n) is 11.9. The molecule has 1 amide bonds. The summed E-state index contributed by atoms with van der Waals surface area (Å²) in [5.74, 6) is -0.596. The highest BCUT2D eigenvalue weighted by Crippen LogP contribution is 2.29. The smallest absolute Gasteiger partial charge is 0.360 e. The molecular formula is C27H28N6O3. The number of ether oxygens (including phenoxy) is 1. The number of nitrogens with zero attached hydrogens (tertiary/aromatic N) is 5. The number of carbonyl (C=O) groups excluding carboxylic acids is 2. The van der Waals surface area contributed by atoms with E-state index in [-0.39, 0.29) is 23.7 Å². The second-order valence-electron chi connectivity index (χ2n) is 9.11. The third kappa shape index (κ3) is 5.11. The van der Waals surface area contributed by atoms with E-state index in [9.17, 15) is 9.59 Å². The van der Waals surface area contributed by atoms with Gasteiger partial charge < -0.3 is 10.1 Å². The van der Waals surface area contributed by atoms with Crippen molar-refractivity contribution in [3.05, 3.63) is 89.4 Å². The topological polar surface area (TPSA) is 102 Å². The molecule has 2 atom stereocenters. The summed E-state index contributed by atoms with van der Waals surface area (Å²) in [7, 11) is 1.31. The van der Waals surface area contributed by atoms with Crippen molar-refractivity contribution in [1.29, 1.82) is 0 Å². The number of esters is 1. The number of fused-ring (bicyclic) bond motifs is 1. The van der Waals surface area contributed by atoms with Crippen LogP contribution in [0.5, 0.6) is 0 Å². The Balaban J connectivity index is 1.32. The summed E-state index contributed by atoms with van der Waals surface area (Å²) in [4.78, 5) is 32.0. The van der Waals surface area contributed by atoms with Crippen molar-refractivity contribution in [3.63, 3.8) is 0 Å². The molecular weight excluding hydrogens is 456 g/mol. The van der Waals surface area contributed by atoms with Crippen molar-refractivity contribution in [2.45, 2.75) is 38.5 Å². The van der Waals surface area contributed by atoms with Crippen molar-refractivity contribution in [2.24, 2.45) is 0 Å². The number of nitrogens with one attached hydrogen (secondary N) is 1. The Hall–Kier alpha value is -4.11. The minimum Gasteiger partial charge on any atom is -0.464 e. The Bertz CT molecular complexity index is 1380. The molecule has 0 spiro atoms. The molecule has 1 fully saturated rings. The molecule has 1 aliphatic heterocycles. The van der Waals surface area contributed by atoms with Gasteiger partial charge in [0, 0.05) is 18.5 Å². The first-order valence-corrected chi connectivity index (χ1v) is 11.9. The van der Waals surface area contributed by atoms with E-state index in [4.69, 9.17) is 4.74 Å². The zero-order chi connectivity index (χ0) is 25.1. The summed E-state index contributed by atoms with van der Waals surface area (Å²) >= 11 is 0. The lowest BCUT2D eigenvalue weighted by molar-refractivity contribution is -0.125. The third-order valence-corrected chi connectivity index (χ3v) is 6.57. The van der Waals surface area contributed by atoms with Crippen LogP contribution in [-0.4, -0.2) is 56.5 Å². The molecule has 3 heterocycles. The standard InChI is InChI=1S/C27H28N6O3/c1-18-7-9-19(10-8-18)15-32-16-22(33-17-24(30-31-33)27(35)36-2)13-25(32)26(34)28-14-21-12-11-20-5-3-4-6-23(20)29-21/h3-12,17,22,25H,13-16H2,1-2H3,(H,28,34)/t22-,25+/m1/s1. The fourth-order valence-electron chi connectivity index (χ4n) is 4.60. The Morgan fingerprint density at radius 3 is 2.69 bits per heavy atom. The van der Waals surface area contributed by atoms with Crippen LogP contribution in [0.2, 0.25) is 0 Å². The molecule has 2 aromatic heterocycles. The summed E-state index contributed by atoms with van der Waals surface area (Å²) in [6.07, 6.45) is 2.13. The number of amides is 1. The van der Waals surface area contributed by atoms with Crippen LogP contribution < -0.4 is 5.32 Å². The zero-order valence-electron chi connectivity index (χ0n) is 20.3. The number of hydrogen-bond donors (Lipinski definition) is 1. The Morgan fingerprint density at radius 2 is 1.89 bits per heavy atom. The molecule has 4 aromatic rings. The molecule has 2 aromatic carbocycles. The van der Waals surface area contributed by atoms with Crippen molar-refractivity contribution < 1.29 is 14.3 Å². The predicted molar refractivity (Wildman–Crippen MR) is 134 cm³/mol. The number of rotatable bonds is 7. The van der Waals surface area contributed by atoms with Gasteiger partial charge in [-0.05, 0) is 31.0 Å². The highest BCUT2D eigenvalue weighted by Gasteiger charge is 2.38. The molecule has 0 bridgehead atoms. The van der Waals surface area contributed by atoms with Gasteiger partial charge in [-0.1, -0.05) is 59.3 Å². The highest BCUT2D eigenvalue weighted by molar-refractivity contribution is 5.86. The van der Waals surface area contributed by atoms with Gasteiger partial charge in [-0.15, -0.1) is 5.10 Å². The van der Waals surface area contributed by atoms with Crippen LogP contribution in [0, 0.1) is 6.92 Å². The second kappa shape index (κ2) is 10.2. The van der Waals surface area contributed by atoms with Gasteiger partial charge in [0.15, 0.2) is 5.69 Å². The molecule has 1 aliphatic rings.